The van der Waals surface area contributed by atoms with Gasteiger partial charge in [-0.3, -0.25) is 4.79 Å². The summed E-state index contributed by atoms with van der Waals surface area (Å²) < 4.78 is 53.1. The normalized spacial score (nSPS) is 17.7. The number of carbonyl (C=O) groups is 1. The first-order valence-corrected chi connectivity index (χ1v) is 10.1. The molecule has 0 bridgehead atoms. The maximum Gasteiger partial charge on any atom is 0.389 e. The molecular weight excluding hydrogens is 456 g/mol. The van der Waals surface area contributed by atoms with Gasteiger partial charge in [-0.25, -0.2) is 28.8 Å². The van der Waals surface area contributed by atoms with Crippen molar-refractivity contribution >= 4 is 23.2 Å². The van der Waals surface area contributed by atoms with Gasteiger partial charge in [-0.05, 0) is 24.6 Å². The van der Waals surface area contributed by atoms with Gasteiger partial charge in [-0.2, -0.15) is 18.3 Å². The van der Waals surface area contributed by atoms with Crippen molar-refractivity contribution in [1.82, 2.24) is 29.5 Å². The third-order valence-corrected chi connectivity index (χ3v) is 5.75. The average molecular weight is 472 g/mol. The van der Waals surface area contributed by atoms with E-state index < -0.39 is 36.2 Å². The number of rotatable bonds is 4. The van der Waals surface area contributed by atoms with Crippen molar-refractivity contribution in [3.63, 3.8) is 0 Å². The Bertz CT molecular complexity index is 1430. The van der Waals surface area contributed by atoms with Crippen molar-refractivity contribution in [3.8, 4) is 11.5 Å². The fourth-order valence-corrected chi connectivity index (χ4v) is 4.01. The van der Waals surface area contributed by atoms with Crippen molar-refractivity contribution in [2.45, 2.75) is 31.4 Å². The van der Waals surface area contributed by atoms with Crippen molar-refractivity contribution in [1.29, 1.82) is 0 Å². The Morgan fingerprint density at radius 3 is 2.59 bits per heavy atom. The lowest BCUT2D eigenvalue weighted by atomic mass is 9.78. The van der Waals surface area contributed by atoms with Crippen LogP contribution in [-0.4, -0.2) is 41.6 Å². The third-order valence-electron chi connectivity index (χ3n) is 5.75. The summed E-state index contributed by atoms with van der Waals surface area (Å²) in [5.74, 6) is -0.788. The van der Waals surface area contributed by atoms with Gasteiger partial charge in [-0.1, -0.05) is 12.1 Å². The van der Waals surface area contributed by atoms with Crippen LogP contribution in [0.1, 0.15) is 30.2 Å². The number of aromatic nitrogens is 6. The van der Waals surface area contributed by atoms with Gasteiger partial charge in [-0.15, -0.1) is 0 Å². The first-order valence-electron chi connectivity index (χ1n) is 10.1. The van der Waals surface area contributed by atoms with Crippen molar-refractivity contribution in [2.75, 3.05) is 11.1 Å². The number of alkyl halides is 3. The van der Waals surface area contributed by atoms with Crippen LogP contribution >= 0.6 is 0 Å². The molecule has 34 heavy (non-hydrogen) atoms. The fraction of sp³-hybridized carbons (Fsp3) is 0.238. The molecule has 3 aromatic heterocycles. The smallest absolute Gasteiger partial charge is 0.383 e. The molecule has 4 aromatic rings. The van der Waals surface area contributed by atoms with E-state index in [0.29, 0.717) is 11.1 Å². The van der Waals surface area contributed by atoms with E-state index in [0.717, 1.165) is 0 Å². The first-order chi connectivity index (χ1) is 16.1. The number of amides is 1. The Hall–Kier alpha value is -4.16. The highest BCUT2D eigenvalue weighted by Gasteiger charge is 2.47. The lowest BCUT2D eigenvalue weighted by Crippen LogP contribution is -2.33. The van der Waals surface area contributed by atoms with Crippen LogP contribution in [0.5, 0.6) is 0 Å². The van der Waals surface area contributed by atoms with E-state index in [1.807, 2.05) is 0 Å². The number of nitrogen functional groups attached to an aromatic ring is 1. The number of aryl methyl sites for hydroxylation is 1. The average Bonchev–Trinajstić information content (AvgIpc) is 3.35. The molecule has 174 valence electrons. The molecule has 0 fully saturated rings. The van der Waals surface area contributed by atoms with Gasteiger partial charge >= 0.3 is 6.18 Å². The van der Waals surface area contributed by atoms with Crippen LogP contribution in [0.15, 0.2) is 36.8 Å². The minimum absolute atomic E-state index is 0.00874. The Kier molecular flexibility index (Phi) is 4.74. The quantitative estimate of drug-likeness (QED) is 0.438. The molecule has 0 aliphatic carbocycles. The maximum atomic E-state index is 13.4. The Morgan fingerprint density at radius 1 is 1.15 bits per heavy atom. The van der Waals surface area contributed by atoms with Crippen molar-refractivity contribution < 1.29 is 22.4 Å². The lowest BCUT2D eigenvalue weighted by Gasteiger charge is -2.23. The van der Waals surface area contributed by atoms with E-state index in [-0.39, 0.29) is 34.5 Å². The van der Waals surface area contributed by atoms with Gasteiger partial charge < -0.3 is 11.1 Å². The highest BCUT2D eigenvalue weighted by molar-refractivity contribution is 6.09. The molecule has 1 aliphatic rings. The molecular formula is C21H16F4N8O. The molecule has 13 heteroatoms. The Balaban J connectivity index is 1.60. The largest absolute Gasteiger partial charge is 0.389 e. The van der Waals surface area contributed by atoms with Crippen LogP contribution in [0.4, 0.5) is 29.2 Å². The molecule has 0 saturated heterocycles. The lowest BCUT2D eigenvalue weighted by molar-refractivity contribution is -0.134. The molecule has 1 amide bonds. The van der Waals surface area contributed by atoms with Crippen molar-refractivity contribution in [2.24, 2.45) is 0 Å². The van der Waals surface area contributed by atoms with E-state index >= 15 is 0 Å². The van der Waals surface area contributed by atoms with Gasteiger partial charge in [0.25, 0.3) is 0 Å². The minimum Gasteiger partial charge on any atom is -0.383 e. The zero-order valence-corrected chi connectivity index (χ0v) is 17.6. The van der Waals surface area contributed by atoms with E-state index in [9.17, 15) is 22.4 Å². The number of fused-ring (bicyclic) bond motifs is 2. The summed E-state index contributed by atoms with van der Waals surface area (Å²) >= 11 is 0. The summed E-state index contributed by atoms with van der Waals surface area (Å²) in [6, 6.07) is 5.42. The van der Waals surface area contributed by atoms with Gasteiger partial charge in [0, 0.05) is 12.8 Å². The molecule has 0 spiro atoms. The second kappa shape index (κ2) is 7.43. The molecule has 4 heterocycles. The van der Waals surface area contributed by atoms with Crippen molar-refractivity contribution in [3.05, 3.63) is 59.4 Å². The molecule has 1 atom stereocenters. The molecule has 1 unspecified atom stereocenters. The predicted molar refractivity (Wildman–Crippen MR) is 112 cm³/mol. The van der Waals surface area contributed by atoms with E-state index in [1.165, 1.54) is 41.3 Å². The van der Waals surface area contributed by atoms with E-state index in [1.54, 1.807) is 6.92 Å². The van der Waals surface area contributed by atoms with E-state index in [4.69, 9.17) is 5.73 Å². The number of anilines is 2. The number of benzene rings is 1. The molecule has 1 aliphatic heterocycles. The second-order valence-corrected chi connectivity index (χ2v) is 7.96. The standard InChI is InChI=1S/C21H16F4N8O/c1-20(10-2-4-11(22)5-3-10)14-15(26)30-16(31-17(14)32-19(20)34)13-8-33-18(27-9-28-33)12(29-13)6-7-21(23,24)25/h2-5,8-9H,6-7H2,1H3,(H3,26,30,31,32,34). The number of carbonyl (C=O) groups excluding carboxylic acids is 1. The molecule has 1 aromatic carbocycles. The van der Waals surface area contributed by atoms with Gasteiger partial charge in [0.05, 0.1) is 17.5 Å². The summed E-state index contributed by atoms with van der Waals surface area (Å²) in [5, 5.41) is 6.65. The number of nitrogens with two attached hydrogens (primary N) is 1. The van der Waals surface area contributed by atoms with Crippen LogP contribution in [0.2, 0.25) is 0 Å². The zero-order chi connectivity index (χ0) is 24.3. The molecule has 0 radical (unpaired) electrons. The summed E-state index contributed by atoms with van der Waals surface area (Å²) in [4.78, 5) is 29.8. The molecule has 3 N–H and O–H groups in total. The highest BCUT2D eigenvalue weighted by Crippen LogP contribution is 2.44. The zero-order valence-electron chi connectivity index (χ0n) is 17.6. The van der Waals surface area contributed by atoms with Crippen LogP contribution in [-0.2, 0) is 16.6 Å². The Morgan fingerprint density at radius 2 is 1.88 bits per heavy atom. The SMILES string of the molecule is CC1(c2ccc(F)cc2)C(=O)Nc2nc(-c3cn4ncnc4c(CCC(F)(F)F)n3)nc(N)c21. The number of hydrogen-bond donors (Lipinski definition) is 2. The number of nitrogens with zero attached hydrogens (tertiary/aromatic N) is 6. The van der Waals surface area contributed by atoms with E-state index in [2.05, 4.69) is 30.4 Å². The molecule has 9 nitrogen and oxygen atoms in total. The minimum atomic E-state index is -4.38. The highest BCUT2D eigenvalue weighted by atomic mass is 19.4. The summed E-state index contributed by atoms with van der Waals surface area (Å²) in [6.07, 6.45) is -3.27. The fourth-order valence-electron chi connectivity index (χ4n) is 4.01. The number of halogens is 4. The molecule has 5 rings (SSSR count). The maximum absolute atomic E-state index is 13.4. The van der Waals surface area contributed by atoms with Crippen LogP contribution < -0.4 is 11.1 Å². The Labute approximate surface area is 189 Å². The number of nitrogens with one attached hydrogen (secondary N) is 1. The van der Waals surface area contributed by atoms with Crippen LogP contribution in [0, 0.1) is 5.82 Å². The summed E-state index contributed by atoms with van der Waals surface area (Å²) in [5.41, 5.74) is 6.12. The summed E-state index contributed by atoms with van der Waals surface area (Å²) in [7, 11) is 0. The topological polar surface area (TPSA) is 124 Å². The predicted octanol–water partition coefficient (Wildman–Crippen LogP) is 3.06. The molecule has 0 saturated carbocycles. The number of hydrogen-bond acceptors (Lipinski definition) is 7. The van der Waals surface area contributed by atoms with Crippen LogP contribution in [0.3, 0.4) is 0 Å². The van der Waals surface area contributed by atoms with Gasteiger partial charge in [0.1, 0.15) is 34.9 Å². The monoisotopic (exact) mass is 472 g/mol. The van der Waals surface area contributed by atoms with Gasteiger partial charge in [0.15, 0.2) is 11.5 Å². The first kappa shape index (κ1) is 21.7. The van der Waals surface area contributed by atoms with Crippen LogP contribution in [0.25, 0.3) is 17.2 Å². The summed E-state index contributed by atoms with van der Waals surface area (Å²) in [6.45, 7) is 1.62. The van der Waals surface area contributed by atoms with Gasteiger partial charge in [0.2, 0.25) is 5.91 Å². The third kappa shape index (κ3) is 3.49. The second-order valence-electron chi connectivity index (χ2n) is 7.96.